The molecule has 1 atom stereocenters. The highest BCUT2D eigenvalue weighted by molar-refractivity contribution is 5.57. The van der Waals surface area contributed by atoms with Gasteiger partial charge in [-0.25, -0.2) is 10.9 Å². The molecule has 1 saturated heterocycles. The molecule has 0 aromatic heterocycles. The quantitative estimate of drug-likeness (QED) is 0.322. The molecule has 1 aliphatic heterocycles. The van der Waals surface area contributed by atoms with Crippen molar-refractivity contribution < 1.29 is 4.79 Å². The van der Waals surface area contributed by atoms with Crippen LogP contribution in [0.2, 0.25) is 0 Å². The summed E-state index contributed by atoms with van der Waals surface area (Å²) >= 11 is 0. The third-order valence-electron chi connectivity index (χ3n) is 1.37. The molecule has 4 heteroatoms. The standard InChI is InChI=1S/C5H11N3O/c1-6-4(3-9)2-5-7-8-5/h3-8H,2H2,1H3. The summed E-state index contributed by atoms with van der Waals surface area (Å²) in [6, 6.07) is -0.0162. The Hall–Kier alpha value is -0.450. The normalized spacial score (nSPS) is 21.4. The molecule has 0 bridgehead atoms. The van der Waals surface area contributed by atoms with Crippen molar-refractivity contribution in [3.63, 3.8) is 0 Å². The summed E-state index contributed by atoms with van der Waals surface area (Å²) in [5, 5.41) is 2.88. The van der Waals surface area contributed by atoms with Gasteiger partial charge in [-0.15, -0.1) is 0 Å². The zero-order valence-corrected chi connectivity index (χ0v) is 5.35. The number of carbonyl (C=O) groups excluding carboxylic acids is 1. The van der Waals surface area contributed by atoms with Gasteiger partial charge in [0.05, 0.1) is 12.2 Å². The summed E-state index contributed by atoms with van der Waals surface area (Å²) in [7, 11) is 1.78. The molecule has 1 heterocycles. The zero-order valence-electron chi connectivity index (χ0n) is 5.35. The second-order valence-electron chi connectivity index (χ2n) is 2.11. The van der Waals surface area contributed by atoms with Gasteiger partial charge in [0.15, 0.2) is 0 Å². The van der Waals surface area contributed by atoms with Gasteiger partial charge in [-0.05, 0) is 7.05 Å². The van der Waals surface area contributed by atoms with Crippen molar-refractivity contribution in [2.45, 2.75) is 18.6 Å². The zero-order chi connectivity index (χ0) is 6.69. The van der Waals surface area contributed by atoms with E-state index in [0.29, 0.717) is 6.17 Å². The Morgan fingerprint density at radius 3 is 2.78 bits per heavy atom. The van der Waals surface area contributed by atoms with E-state index in [1.165, 1.54) is 0 Å². The van der Waals surface area contributed by atoms with E-state index in [0.717, 1.165) is 12.7 Å². The van der Waals surface area contributed by atoms with Crippen LogP contribution in [-0.2, 0) is 4.79 Å². The summed E-state index contributed by atoms with van der Waals surface area (Å²) < 4.78 is 0. The van der Waals surface area contributed by atoms with Gasteiger partial charge < -0.3 is 10.1 Å². The molecule has 52 valence electrons. The number of hydrogen-bond acceptors (Lipinski definition) is 4. The van der Waals surface area contributed by atoms with E-state index in [4.69, 9.17) is 0 Å². The topological polar surface area (TPSA) is 73.0 Å². The maximum absolute atomic E-state index is 10.2. The van der Waals surface area contributed by atoms with Gasteiger partial charge in [-0.1, -0.05) is 0 Å². The molecule has 9 heavy (non-hydrogen) atoms. The third kappa shape index (κ3) is 2.09. The second-order valence-corrected chi connectivity index (χ2v) is 2.11. The highest BCUT2D eigenvalue weighted by Crippen LogP contribution is 1.97. The molecule has 0 radical (unpaired) electrons. The Morgan fingerprint density at radius 2 is 2.44 bits per heavy atom. The fraction of sp³-hybridized carbons (Fsp3) is 0.800. The highest BCUT2D eigenvalue weighted by Gasteiger charge is 2.22. The van der Waals surface area contributed by atoms with E-state index < -0.39 is 0 Å². The molecule has 0 aromatic rings. The fourth-order valence-electron chi connectivity index (χ4n) is 0.672. The van der Waals surface area contributed by atoms with Gasteiger partial charge in [0.1, 0.15) is 6.29 Å². The monoisotopic (exact) mass is 129 g/mol. The minimum Gasteiger partial charge on any atom is -0.311 e. The second kappa shape index (κ2) is 2.91. The van der Waals surface area contributed by atoms with Crippen LogP contribution in [0.15, 0.2) is 0 Å². The first-order valence-electron chi connectivity index (χ1n) is 3.00. The molecule has 4 nitrogen and oxygen atoms in total. The Bertz CT molecular complexity index is 102. The Balaban J connectivity index is 2.12. The first kappa shape index (κ1) is 6.67. The SMILES string of the molecule is CNC(C=O)CC1NN1. The molecule has 1 unspecified atom stereocenters. The van der Waals surface area contributed by atoms with Gasteiger partial charge in [0, 0.05) is 6.42 Å². The van der Waals surface area contributed by atoms with E-state index in [2.05, 4.69) is 16.2 Å². The predicted molar refractivity (Wildman–Crippen MR) is 33.6 cm³/mol. The maximum atomic E-state index is 10.2. The van der Waals surface area contributed by atoms with Crippen molar-refractivity contribution in [2.75, 3.05) is 7.05 Å². The van der Waals surface area contributed by atoms with Crippen LogP contribution in [0.4, 0.5) is 0 Å². The van der Waals surface area contributed by atoms with Crippen molar-refractivity contribution in [3.8, 4) is 0 Å². The van der Waals surface area contributed by atoms with Crippen LogP contribution in [0.25, 0.3) is 0 Å². The summed E-state index contributed by atoms with van der Waals surface area (Å²) in [6.07, 6.45) is 2.08. The van der Waals surface area contributed by atoms with Crippen LogP contribution < -0.4 is 16.2 Å². The number of nitrogens with one attached hydrogen (secondary N) is 3. The van der Waals surface area contributed by atoms with Crippen LogP contribution in [0.3, 0.4) is 0 Å². The van der Waals surface area contributed by atoms with Crippen molar-refractivity contribution >= 4 is 6.29 Å². The molecule has 0 aliphatic carbocycles. The van der Waals surface area contributed by atoms with E-state index in [1.54, 1.807) is 7.05 Å². The average molecular weight is 129 g/mol. The van der Waals surface area contributed by atoms with Crippen molar-refractivity contribution in [1.82, 2.24) is 16.2 Å². The summed E-state index contributed by atoms with van der Waals surface area (Å²) in [5.74, 6) is 0. The summed E-state index contributed by atoms with van der Waals surface area (Å²) in [6.45, 7) is 0. The number of aldehydes is 1. The fourth-order valence-corrected chi connectivity index (χ4v) is 0.672. The Morgan fingerprint density at radius 1 is 1.78 bits per heavy atom. The molecule has 0 spiro atoms. The number of hydrazine groups is 1. The van der Waals surface area contributed by atoms with Crippen molar-refractivity contribution in [3.05, 3.63) is 0 Å². The lowest BCUT2D eigenvalue weighted by atomic mass is 10.2. The van der Waals surface area contributed by atoms with E-state index in [-0.39, 0.29) is 6.04 Å². The number of carbonyl (C=O) groups is 1. The number of hydrogen-bond donors (Lipinski definition) is 3. The van der Waals surface area contributed by atoms with Gasteiger partial charge >= 0.3 is 0 Å². The van der Waals surface area contributed by atoms with Crippen molar-refractivity contribution in [2.24, 2.45) is 0 Å². The predicted octanol–water partition coefficient (Wildman–Crippen LogP) is -1.40. The highest BCUT2D eigenvalue weighted by atomic mass is 16.1. The first-order chi connectivity index (χ1) is 4.36. The molecule has 1 aliphatic rings. The molecule has 1 fully saturated rings. The number of likely N-dealkylation sites (N-methyl/N-ethyl adjacent to an activating group) is 1. The number of rotatable bonds is 4. The van der Waals surface area contributed by atoms with Crippen LogP contribution in [0.5, 0.6) is 0 Å². The van der Waals surface area contributed by atoms with Crippen LogP contribution in [0, 0.1) is 0 Å². The maximum Gasteiger partial charge on any atom is 0.137 e. The van der Waals surface area contributed by atoms with E-state index >= 15 is 0 Å². The molecule has 3 N–H and O–H groups in total. The largest absolute Gasteiger partial charge is 0.311 e. The Kier molecular flexibility index (Phi) is 2.16. The molecule has 1 rings (SSSR count). The molecular weight excluding hydrogens is 118 g/mol. The lowest BCUT2D eigenvalue weighted by Crippen LogP contribution is -2.28. The lowest BCUT2D eigenvalue weighted by molar-refractivity contribution is -0.109. The molecular formula is C5H11N3O. The molecule has 0 amide bonds. The van der Waals surface area contributed by atoms with Crippen LogP contribution >= 0.6 is 0 Å². The summed E-state index contributed by atoms with van der Waals surface area (Å²) in [4.78, 5) is 10.2. The van der Waals surface area contributed by atoms with Crippen molar-refractivity contribution in [1.29, 1.82) is 0 Å². The van der Waals surface area contributed by atoms with Crippen LogP contribution in [0.1, 0.15) is 6.42 Å². The third-order valence-corrected chi connectivity index (χ3v) is 1.37. The average Bonchev–Trinajstić information content (AvgIpc) is 2.66. The summed E-state index contributed by atoms with van der Waals surface area (Å²) in [5.41, 5.74) is 5.77. The smallest absolute Gasteiger partial charge is 0.137 e. The lowest BCUT2D eigenvalue weighted by Gasteiger charge is -2.03. The van der Waals surface area contributed by atoms with E-state index in [9.17, 15) is 4.79 Å². The molecule has 0 aromatic carbocycles. The van der Waals surface area contributed by atoms with Gasteiger partial charge in [-0.3, -0.25) is 0 Å². The Labute approximate surface area is 54.0 Å². The van der Waals surface area contributed by atoms with Crippen LogP contribution in [-0.4, -0.2) is 25.5 Å². The minimum absolute atomic E-state index is 0.0162. The van der Waals surface area contributed by atoms with Gasteiger partial charge in [0.25, 0.3) is 0 Å². The van der Waals surface area contributed by atoms with Gasteiger partial charge in [0.2, 0.25) is 0 Å². The van der Waals surface area contributed by atoms with Gasteiger partial charge in [-0.2, -0.15) is 0 Å². The molecule has 0 saturated carbocycles. The minimum atomic E-state index is -0.0162. The first-order valence-corrected chi connectivity index (χ1v) is 3.00. The van der Waals surface area contributed by atoms with E-state index in [1.807, 2.05) is 0 Å².